The first-order valence-electron chi connectivity index (χ1n) is 13.9. The highest BCUT2D eigenvalue weighted by Gasteiger charge is 2.37. The summed E-state index contributed by atoms with van der Waals surface area (Å²) < 4.78 is 29.4. The van der Waals surface area contributed by atoms with Crippen molar-refractivity contribution >= 4 is 16.1 Å². The predicted molar refractivity (Wildman–Crippen MR) is 136 cm³/mol. The van der Waals surface area contributed by atoms with Crippen molar-refractivity contribution in [2.75, 3.05) is 65.4 Å². The molecule has 4 rings (SSSR count). The Bertz CT molecular complexity index is 742. The van der Waals surface area contributed by atoms with E-state index in [0.717, 1.165) is 44.7 Å². The number of carbonyl (C=O) groups excluding carboxylic acids is 1. The number of rotatable bonds is 8. The fourth-order valence-corrected chi connectivity index (χ4v) is 7.92. The van der Waals surface area contributed by atoms with Gasteiger partial charge in [0.25, 0.3) is 10.2 Å². The average molecular weight is 498 g/mol. The molecule has 4 saturated heterocycles. The quantitative estimate of drug-likeness (QED) is 0.520. The first-order valence-corrected chi connectivity index (χ1v) is 15.3. The molecular formula is C25H47N5O3S. The van der Waals surface area contributed by atoms with Gasteiger partial charge in [-0.1, -0.05) is 13.3 Å². The summed E-state index contributed by atoms with van der Waals surface area (Å²) in [6.45, 7) is 10.9. The fourth-order valence-electron chi connectivity index (χ4n) is 6.20. The van der Waals surface area contributed by atoms with Crippen LogP contribution in [-0.4, -0.2) is 104 Å². The van der Waals surface area contributed by atoms with Crippen LogP contribution in [0, 0.1) is 11.8 Å². The van der Waals surface area contributed by atoms with E-state index in [2.05, 4.69) is 22.0 Å². The molecule has 34 heavy (non-hydrogen) atoms. The highest BCUT2D eigenvalue weighted by molar-refractivity contribution is 7.86. The van der Waals surface area contributed by atoms with E-state index in [1.807, 2.05) is 0 Å². The summed E-state index contributed by atoms with van der Waals surface area (Å²) in [5, 5.41) is 3.10. The molecule has 0 aromatic heterocycles. The van der Waals surface area contributed by atoms with Gasteiger partial charge in [0, 0.05) is 38.8 Å². The van der Waals surface area contributed by atoms with Gasteiger partial charge < -0.3 is 15.1 Å². The maximum absolute atomic E-state index is 13.1. The summed E-state index contributed by atoms with van der Waals surface area (Å²) in [6, 6.07) is 0.773. The smallest absolute Gasteiger partial charge is 0.281 e. The maximum Gasteiger partial charge on any atom is 0.281 e. The molecule has 4 aliphatic rings. The number of hydrogen-bond acceptors (Lipinski definition) is 5. The zero-order chi connectivity index (χ0) is 24.0. The lowest BCUT2D eigenvalue weighted by Crippen LogP contribution is -2.52. The zero-order valence-corrected chi connectivity index (χ0v) is 22.1. The van der Waals surface area contributed by atoms with Gasteiger partial charge in [0.05, 0.1) is 5.92 Å². The summed E-state index contributed by atoms with van der Waals surface area (Å²) in [5.41, 5.74) is 0. The topological polar surface area (TPSA) is 76.2 Å². The molecule has 0 bridgehead atoms. The second-order valence-corrected chi connectivity index (χ2v) is 13.0. The minimum absolute atomic E-state index is 0.0240. The molecule has 1 atom stereocenters. The Hall–Kier alpha value is -0.740. The molecule has 9 heteroatoms. The van der Waals surface area contributed by atoms with Crippen LogP contribution in [0.4, 0.5) is 0 Å². The van der Waals surface area contributed by atoms with Crippen molar-refractivity contribution in [2.24, 2.45) is 11.8 Å². The zero-order valence-electron chi connectivity index (χ0n) is 21.3. The van der Waals surface area contributed by atoms with Crippen LogP contribution in [-0.2, 0) is 15.0 Å². The SMILES string of the molecule is CC1CCN(S(=O)(=O)N2CCC[C@H](C(=O)NCCCN3CCC(N4CCCCC4)CC3)C2)CC1. The summed E-state index contributed by atoms with van der Waals surface area (Å²) in [5.74, 6) is 0.385. The molecule has 0 aliphatic carbocycles. The fraction of sp³-hybridized carbons (Fsp3) is 0.960. The Labute approximate surface area is 207 Å². The van der Waals surface area contributed by atoms with Crippen LogP contribution in [0.25, 0.3) is 0 Å². The summed E-state index contributed by atoms with van der Waals surface area (Å²) in [6.07, 6.45) is 11.0. The molecule has 4 fully saturated rings. The lowest BCUT2D eigenvalue weighted by atomic mass is 9.99. The van der Waals surface area contributed by atoms with E-state index in [9.17, 15) is 13.2 Å². The molecule has 8 nitrogen and oxygen atoms in total. The van der Waals surface area contributed by atoms with Crippen LogP contribution in [0.1, 0.15) is 71.1 Å². The van der Waals surface area contributed by atoms with E-state index in [1.165, 1.54) is 58.3 Å². The van der Waals surface area contributed by atoms with Gasteiger partial charge in [-0.25, -0.2) is 0 Å². The monoisotopic (exact) mass is 497 g/mol. The highest BCUT2D eigenvalue weighted by atomic mass is 32.2. The molecule has 196 valence electrons. The Morgan fingerprint density at radius 3 is 2.24 bits per heavy atom. The Morgan fingerprint density at radius 2 is 1.53 bits per heavy atom. The molecule has 0 unspecified atom stereocenters. The van der Waals surface area contributed by atoms with Crippen LogP contribution in [0.5, 0.6) is 0 Å². The van der Waals surface area contributed by atoms with Gasteiger partial charge in [0.2, 0.25) is 5.91 Å². The molecule has 4 aliphatic heterocycles. The molecule has 0 spiro atoms. The molecule has 4 heterocycles. The van der Waals surface area contributed by atoms with Crippen molar-refractivity contribution in [3.8, 4) is 0 Å². The number of nitrogens with zero attached hydrogens (tertiary/aromatic N) is 4. The first-order chi connectivity index (χ1) is 16.4. The molecular weight excluding hydrogens is 450 g/mol. The summed E-state index contributed by atoms with van der Waals surface area (Å²) >= 11 is 0. The number of likely N-dealkylation sites (tertiary alicyclic amines) is 2. The van der Waals surface area contributed by atoms with E-state index in [-0.39, 0.29) is 11.8 Å². The molecule has 0 aromatic carbocycles. The van der Waals surface area contributed by atoms with Crippen molar-refractivity contribution in [1.82, 2.24) is 23.7 Å². The largest absolute Gasteiger partial charge is 0.356 e. The third-order valence-corrected chi connectivity index (χ3v) is 10.6. The Balaban J connectivity index is 1.13. The van der Waals surface area contributed by atoms with Crippen LogP contribution in [0.2, 0.25) is 0 Å². The van der Waals surface area contributed by atoms with E-state index >= 15 is 0 Å². The van der Waals surface area contributed by atoms with Crippen molar-refractivity contribution in [1.29, 1.82) is 0 Å². The predicted octanol–water partition coefficient (Wildman–Crippen LogP) is 2.13. The molecule has 1 N–H and O–H groups in total. The van der Waals surface area contributed by atoms with Crippen LogP contribution in [0.3, 0.4) is 0 Å². The number of amides is 1. The number of carbonyl (C=O) groups is 1. The van der Waals surface area contributed by atoms with Gasteiger partial charge >= 0.3 is 0 Å². The molecule has 0 radical (unpaired) electrons. The molecule has 1 amide bonds. The van der Waals surface area contributed by atoms with Crippen LogP contribution in [0.15, 0.2) is 0 Å². The van der Waals surface area contributed by atoms with E-state index in [0.29, 0.717) is 38.6 Å². The van der Waals surface area contributed by atoms with Crippen LogP contribution < -0.4 is 5.32 Å². The van der Waals surface area contributed by atoms with Gasteiger partial charge in [0.1, 0.15) is 0 Å². The third kappa shape index (κ3) is 6.93. The average Bonchev–Trinajstić information content (AvgIpc) is 2.88. The van der Waals surface area contributed by atoms with E-state index in [4.69, 9.17) is 0 Å². The summed E-state index contributed by atoms with van der Waals surface area (Å²) in [7, 11) is -3.45. The van der Waals surface area contributed by atoms with Gasteiger partial charge in [0.15, 0.2) is 0 Å². The van der Waals surface area contributed by atoms with E-state index in [1.54, 1.807) is 8.61 Å². The summed E-state index contributed by atoms with van der Waals surface area (Å²) in [4.78, 5) is 18.0. The Morgan fingerprint density at radius 1 is 0.824 bits per heavy atom. The van der Waals surface area contributed by atoms with Gasteiger partial charge in [-0.05, 0) is 96.4 Å². The highest BCUT2D eigenvalue weighted by Crippen LogP contribution is 2.25. The number of piperidine rings is 4. The number of hydrogen-bond donors (Lipinski definition) is 1. The molecule has 0 aromatic rings. The van der Waals surface area contributed by atoms with Gasteiger partial charge in [-0.3, -0.25) is 4.79 Å². The lowest BCUT2D eigenvalue weighted by Gasteiger charge is -2.40. The lowest BCUT2D eigenvalue weighted by molar-refractivity contribution is -0.126. The second-order valence-electron chi connectivity index (χ2n) is 11.1. The van der Waals surface area contributed by atoms with Crippen molar-refractivity contribution in [3.63, 3.8) is 0 Å². The van der Waals surface area contributed by atoms with Gasteiger partial charge in [-0.15, -0.1) is 0 Å². The minimum atomic E-state index is -3.45. The van der Waals surface area contributed by atoms with E-state index < -0.39 is 10.2 Å². The van der Waals surface area contributed by atoms with Crippen molar-refractivity contribution in [2.45, 2.75) is 77.2 Å². The first kappa shape index (κ1) is 26.3. The van der Waals surface area contributed by atoms with Crippen molar-refractivity contribution < 1.29 is 13.2 Å². The van der Waals surface area contributed by atoms with Gasteiger partial charge in [-0.2, -0.15) is 17.0 Å². The van der Waals surface area contributed by atoms with Crippen molar-refractivity contribution in [3.05, 3.63) is 0 Å². The maximum atomic E-state index is 13.1. The van der Waals surface area contributed by atoms with Crippen LogP contribution >= 0.6 is 0 Å². The molecule has 0 saturated carbocycles. The Kier molecular flexibility index (Phi) is 9.66. The standard InChI is InChI=1S/C25H47N5O3S/c1-22-8-19-29(20-9-22)34(32,33)30-16-5-7-23(21-30)25(31)26-12-6-13-27-17-10-24(11-18-27)28-14-3-2-4-15-28/h22-24H,2-21H2,1H3,(H,26,31)/t23-/m0/s1. The second kappa shape index (κ2) is 12.5. The third-order valence-electron chi connectivity index (χ3n) is 8.56. The minimum Gasteiger partial charge on any atom is -0.356 e. The normalized spacial score (nSPS) is 28.2. The number of nitrogens with one attached hydrogen (secondary N) is 1.